The Kier molecular flexibility index (Phi) is 1.80. The van der Waals surface area contributed by atoms with Crippen molar-refractivity contribution in [1.29, 1.82) is 0 Å². The van der Waals surface area contributed by atoms with Gasteiger partial charge in [-0.05, 0) is 0 Å². The second-order valence-corrected chi connectivity index (χ2v) is 2.71. The Morgan fingerprint density at radius 1 is 1.33 bits per heavy atom. The minimum Gasteiger partial charge on any atom is -0.419 e. The molecule has 2 aliphatic rings. The van der Waals surface area contributed by atoms with E-state index < -0.39 is 12.3 Å². The summed E-state index contributed by atoms with van der Waals surface area (Å²) in [5.41, 5.74) is 0. The highest BCUT2D eigenvalue weighted by Crippen LogP contribution is 2.30. The first kappa shape index (κ1) is 8.00. The molecule has 2 aliphatic heterocycles. The number of hydrogen-bond donors (Lipinski definition) is 1. The minimum atomic E-state index is -1.43. The molecule has 1 N–H and O–H groups in total. The van der Waals surface area contributed by atoms with Gasteiger partial charge in [0.05, 0.1) is 13.2 Å². The molecule has 2 saturated heterocycles. The fourth-order valence-electron chi connectivity index (χ4n) is 1.03. The maximum atomic E-state index is 9.04. The van der Waals surface area contributed by atoms with E-state index in [9.17, 15) is 0 Å². The van der Waals surface area contributed by atoms with Gasteiger partial charge in [0.2, 0.25) is 0 Å². The van der Waals surface area contributed by atoms with Gasteiger partial charge >= 0.3 is 6.16 Å². The first-order chi connectivity index (χ1) is 5.70. The van der Waals surface area contributed by atoms with Crippen LogP contribution in [0.2, 0.25) is 0 Å². The minimum absolute atomic E-state index is 0.146. The van der Waals surface area contributed by atoms with Crippen molar-refractivity contribution in [3.63, 3.8) is 0 Å². The molecule has 0 unspecified atom stereocenters. The molecule has 0 atom stereocenters. The van der Waals surface area contributed by atoms with Crippen LogP contribution in [0.5, 0.6) is 0 Å². The molecular weight excluding hydrogens is 164 g/mol. The van der Waals surface area contributed by atoms with Gasteiger partial charge in [-0.1, -0.05) is 6.58 Å². The lowest BCUT2D eigenvalue weighted by atomic mass is 10.4. The first-order valence-corrected chi connectivity index (χ1v) is 3.67. The third-order valence-corrected chi connectivity index (χ3v) is 1.58. The number of aliphatic hydroxyl groups excluding tert-OH is 1. The molecular formula is C7H10O5. The molecule has 1 spiro atoms. The molecule has 2 heterocycles. The van der Waals surface area contributed by atoms with Crippen molar-refractivity contribution in [2.45, 2.75) is 12.3 Å². The van der Waals surface area contributed by atoms with Crippen LogP contribution in [-0.4, -0.2) is 37.2 Å². The Morgan fingerprint density at radius 3 is 2.50 bits per heavy atom. The molecule has 0 bridgehead atoms. The highest BCUT2D eigenvalue weighted by Gasteiger charge is 2.46. The van der Waals surface area contributed by atoms with Crippen LogP contribution < -0.4 is 0 Å². The maximum Gasteiger partial charge on any atom is 0.461 e. The number of hydrogen-bond acceptors (Lipinski definition) is 5. The van der Waals surface area contributed by atoms with Crippen molar-refractivity contribution >= 4 is 0 Å². The lowest BCUT2D eigenvalue weighted by molar-refractivity contribution is -0.483. The highest BCUT2D eigenvalue weighted by atomic mass is 17.0. The van der Waals surface area contributed by atoms with Gasteiger partial charge in [0, 0.05) is 0 Å². The zero-order valence-corrected chi connectivity index (χ0v) is 6.49. The van der Waals surface area contributed by atoms with Crippen molar-refractivity contribution < 1.29 is 24.1 Å². The summed E-state index contributed by atoms with van der Waals surface area (Å²) in [6, 6.07) is 0. The molecule has 2 rings (SSSR count). The molecule has 68 valence electrons. The van der Waals surface area contributed by atoms with E-state index >= 15 is 0 Å². The van der Waals surface area contributed by atoms with Gasteiger partial charge in [-0.2, -0.15) is 0 Å². The van der Waals surface area contributed by atoms with E-state index in [-0.39, 0.29) is 19.8 Å². The molecule has 0 aromatic rings. The molecule has 0 amide bonds. The summed E-state index contributed by atoms with van der Waals surface area (Å²) in [5, 5.41) is 9.04. The summed E-state index contributed by atoms with van der Waals surface area (Å²) < 4.78 is 20.2. The standard InChI is InChI=1S/C7H10O5/c1-5-2-9-7(12-5)10-3-6(8)4-11-7/h6,8H,1-4H2. The van der Waals surface area contributed by atoms with Crippen LogP contribution >= 0.6 is 0 Å². The van der Waals surface area contributed by atoms with Crippen molar-refractivity contribution in [1.82, 2.24) is 0 Å². The predicted molar refractivity (Wildman–Crippen MR) is 36.8 cm³/mol. The van der Waals surface area contributed by atoms with Crippen molar-refractivity contribution in [2.75, 3.05) is 19.8 Å². The fraction of sp³-hybridized carbons (Fsp3) is 0.714. The normalized spacial score (nSPS) is 41.8. The van der Waals surface area contributed by atoms with E-state index in [0.717, 1.165) is 0 Å². The molecule has 0 aromatic heterocycles. The topological polar surface area (TPSA) is 57.2 Å². The molecule has 0 aliphatic carbocycles. The van der Waals surface area contributed by atoms with Gasteiger partial charge in [0.25, 0.3) is 0 Å². The molecule has 5 nitrogen and oxygen atoms in total. The summed E-state index contributed by atoms with van der Waals surface area (Å²) in [4.78, 5) is 0. The number of rotatable bonds is 0. The van der Waals surface area contributed by atoms with Crippen LogP contribution in [0.3, 0.4) is 0 Å². The maximum absolute atomic E-state index is 9.04. The van der Waals surface area contributed by atoms with E-state index in [1.165, 1.54) is 0 Å². The Bertz CT molecular complexity index is 194. The largest absolute Gasteiger partial charge is 0.461 e. The smallest absolute Gasteiger partial charge is 0.419 e. The third kappa shape index (κ3) is 1.32. The van der Waals surface area contributed by atoms with Crippen LogP contribution in [0.1, 0.15) is 0 Å². The van der Waals surface area contributed by atoms with Gasteiger partial charge in [-0.15, -0.1) is 0 Å². The van der Waals surface area contributed by atoms with Crippen molar-refractivity contribution in [3.05, 3.63) is 12.3 Å². The summed E-state index contributed by atoms with van der Waals surface area (Å²) in [6.45, 7) is 4.11. The fourth-order valence-corrected chi connectivity index (χ4v) is 1.03. The second kappa shape index (κ2) is 2.70. The summed E-state index contributed by atoms with van der Waals surface area (Å²) in [7, 11) is 0. The third-order valence-electron chi connectivity index (χ3n) is 1.58. The lowest BCUT2D eigenvalue weighted by Crippen LogP contribution is -2.46. The monoisotopic (exact) mass is 174 g/mol. The van der Waals surface area contributed by atoms with E-state index in [4.69, 9.17) is 24.1 Å². The molecule has 12 heavy (non-hydrogen) atoms. The van der Waals surface area contributed by atoms with E-state index in [2.05, 4.69) is 6.58 Å². The van der Waals surface area contributed by atoms with Gasteiger partial charge < -0.3 is 9.84 Å². The molecule has 2 fully saturated rings. The first-order valence-electron chi connectivity index (χ1n) is 3.67. The summed E-state index contributed by atoms with van der Waals surface area (Å²) in [5.74, 6) is 0.464. The van der Waals surface area contributed by atoms with Crippen LogP contribution in [0, 0.1) is 0 Å². The molecule has 0 aromatic carbocycles. The molecule has 5 heteroatoms. The Balaban J connectivity index is 1.99. The predicted octanol–water partition coefficient (Wildman–Crippen LogP) is -0.434. The van der Waals surface area contributed by atoms with Crippen LogP contribution in [-0.2, 0) is 18.9 Å². The van der Waals surface area contributed by atoms with Gasteiger partial charge in [0.1, 0.15) is 18.5 Å². The van der Waals surface area contributed by atoms with Gasteiger partial charge in [-0.3, -0.25) is 14.2 Å². The Morgan fingerprint density at radius 2 is 2.00 bits per heavy atom. The molecule has 0 radical (unpaired) electrons. The Labute approximate surface area is 69.5 Å². The lowest BCUT2D eigenvalue weighted by Gasteiger charge is -2.31. The van der Waals surface area contributed by atoms with Crippen LogP contribution in [0.15, 0.2) is 12.3 Å². The van der Waals surface area contributed by atoms with E-state index in [1.807, 2.05) is 0 Å². The average Bonchev–Trinajstić information content (AvgIpc) is 2.40. The van der Waals surface area contributed by atoms with Crippen LogP contribution in [0.25, 0.3) is 0 Å². The molecule has 0 saturated carbocycles. The van der Waals surface area contributed by atoms with Gasteiger partial charge in [0.15, 0.2) is 0 Å². The average molecular weight is 174 g/mol. The van der Waals surface area contributed by atoms with E-state index in [1.54, 1.807) is 0 Å². The Hall–Kier alpha value is -0.620. The summed E-state index contributed by atoms with van der Waals surface area (Å²) >= 11 is 0. The van der Waals surface area contributed by atoms with Gasteiger partial charge in [-0.25, -0.2) is 0 Å². The number of aliphatic hydroxyl groups is 1. The number of ether oxygens (including phenoxy) is 4. The SMILES string of the molecule is C=C1COC2(OCC(O)CO2)O1. The highest BCUT2D eigenvalue weighted by molar-refractivity contribution is 4.88. The second-order valence-electron chi connectivity index (χ2n) is 2.71. The zero-order chi connectivity index (χ0) is 8.60. The zero-order valence-electron chi connectivity index (χ0n) is 6.49. The van der Waals surface area contributed by atoms with E-state index in [0.29, 0.717) is 5.76 Å². The van der Waals surface area contributed by atoms with Crippen LogP contribution in [0.4, 0.5) is 0 Å². The quantitative estimate of drug-likeness (QED) is 0.539. The summed E-state index contributed by atoms with van der Waals surface area (Å²) in [6.07, 6.45) is -2.05. The van der Waals surface area contributed by atoms with Crippen molar-refractivity contribution in [3.8, 4) is 0 Å². The van der Waals surface area contributed by atoms with Crippen molar-refractivity contribution in [2.24, 2.45) is 0 Å².